The summed E-state index contributed by atoms with van der Waals surface area (Å²) in [4.78, 5) is 11.0. The van der Waals surface area contributed by atoms with E-state index in [-0.39, 0.29) is 6.54 Å². The van der Waals surface area contributed by atoms with Gasteiger partial charge >= 0.3 is 12.1 Å². The van der Waals surface area contributed by atoms with Crippen molar-refractivity contribution < 1.29 is 27.4 Å². The number of carbonyl (C=O) groups excluding carboxylic acids is 1. The number of ether oxygens (including phenoxy) is 2. The van der Waals surface area contributed by atoms with E-state index < -0.39 is 18.1 Å². The molecular formula is C14H17F3N2O3. The molecule has 0 fully saturated rings. The molecule has 1 aromatic carbocycles. The molecule has 1 aliphatic rings. The second-order valence-corrected chi connectivity index (χ2v) is 4.87. The van der Waals surface area contributed by atoms with E-state index in [1.165, 1.54) is 14.2 Å². The summed E-state index contributed by atoms with van der Waals surface area (Å²) < 4.78 is 47.3. The Hall–Kier alpha value is -1.96. The van der Waals surface area contributed by atoms with Crippen molar-refractivity contribution in [1.29, 1.82) is 0 Å². The SMILES string of the molecule is COc1cc2c(c(OC)c1)C(CNC(=O)C(F)(F)F)NCC2. The molecular weight excluding hydrogens is 301 g/mol. The number of fused-ring (bicyclic) bond motifs is 1. The van der Waals surface area contributed by atoms with E-state index in [1.54, 1.807) is 6.07 Å². The number of halogens is 3. The molecule has 8 heteroatoms. The van der Waals surface area contributed by atoms with Crippen LogP contribution in [0.5, 0.6) is 11.5 Å². The number of methoxy groups -OCH3 is 2. The molecule has 5 nitrogen and oxygen atoms in total. The maximum absolute atomic E-state index is 12.3. The summed E-state index contributed by atoms with van der Waals surface area (Å²) in [5.74, 6) is -0.808. The first-order valence-corrected chi connectivity index (χ1v) is 6.70. The minimum Gasteiger partial charge on any atom is -0.497 e. The molecule has 2 N–H and O–H groups in total. The van der Waals surface area contributed by atoms with Crippen LogP contribution in [0.15, 0.2) is 12.1 Å². The Kier molecular flexibility index (Phi) is 4.80. The Morgan fingerprint density at radius 1 is 1.36 bits per heavy atom. The molecule has 1 heterocycles. The summed E-state index contributed by atoms with van der Waals surface area (Å²) in [5, 5.41) is 4.99. The van der Waals surface area contributed by atoms with E-state index in [0.717, 1.165) is 11.1 Å². The molecule has 1 aromatic rings. The van der Waals surface area contributed by atoms with Crippen molar-refractivity contribution in [3.8, 4) is 11.5 Å². The van der Waals surface area contributed by atoms with Crippen LogP contribution in [-0.4, -0.2) is 39.4 Å². The van der Waals surface area contributed by atoms with Crippen molar-refractivity contribution in [1.82, 2.24) is 10.6 Å². The monoisotopic (exact) mass is 318 g/mol. The van der Waals surface area contributed by atoms with Gasteiger partial charge in [0.15, 0.2) is 0 Å². The topological polar surface area (TPSA) is 59.6 Å². The van der Waals surface area contributed by atoms with Gasteiger partial charge in [-0.1, -0.05) is 0 Å². The van der Waals surface area contributed by atoms with Gasteiger partial charge in [0.25, 0.3) is 0 Å². The zero-order valence-electron chi connectivity index (χ0n) is 12.2. The Balaban J connectivity index is 2.22. The minimum atomic E-state index is -4.89. The highest BCUT2D eigenvalue weighted by atomic mass is 19.4. The van der Waals surface area contributed by atoms with E-state index in [2.05, 4.69) is 5.32 Å². The molecule has 0 spiro atoms. The fourth-order valence-corrected chi connectivity index (χ4v) is 2.50. The predicted molar refractivity (Wildman–Crippen MR) is 73.1 cm³/mol. The largest absolute Gasteiger partial charge is 0.497 e. The lowest BCUT2D eigenvalue weighted by Crippen LogP contribution is -2.43. The summed E-state index contributed by atoms with van der Waals surface area (Å²) in [6.45, 7) is 0.421. The maximum Gasteiger partial charge on any atom is 0.471 e. The molecule has 1 amide bonds. The van der Waals surface area contributed by atoms with Crippen LogP contribution in [0.4, 0.5) is 13.2 Å². The first kappa shape index (κ1) is 16.4. The van der Waals surface area contributed by atoms with E-state index >= 15 is 0 Å². The third-order valence-corrected chi connectivity index (χ3v) is 3.51. The van der Waals surface area contributed by atoms with Crippen LogP contribution in [0.3, 0.4) is 0 Å². The lowest BCUT2D eigenvalue weighted by molar-refractivity contribution is -0.173. The number of carbonyl (C=O) groups is 1. The highest BCUT2D eigenvalue weighted by Gasteiger charge is 2.39. The number of hydrogen-bond donors (Lipinski definition) is 2. The van der Waals surface area contributed by atoms with Gasteiger partial charge < -0.3 is 20.1 Å². The van der Waals surface area contributed by atoms with Crippen LogP contribution in [-0.2, 0) is 11.2 Å². The highest BCUT2D eigenvalue weighted by molar-refractivity contribution is 5.81. The van der Waals surface area contributed by atoms with E-state index in [9.17, 15) is 18.0 Å². The molecule has 122 valence electrons. The molecule has 22 heavy (non-hydrogen) atoms. The van der Waals surface area contributed by atoms with Gasteiger partial charge in [-0.25, -0.2) is 0 Å². The van der Waals surface area contributed by atoms with Gasteiger partial charge in [-0.2, -0.15) is 13.2 Å². The molecule has 0 aromatic heterocycles. The second kappa shape index (κ2) is 6.43. The number of nitrogens with one attached hydrogen (secondary N) is 2. The van der Waals surface area contributed by atoms with Crippen LogP contribution in [0.25, 0.3) is 0 Å². The number of alkyl halides is 3. The normalized spacial score (nSPS) is 17.6. The van der Waals surface area contributed by atoms with Crippen LogP contribution in [0.2, 0.25) is 0 Å². The lowest BCUT2D eigenvalue weighted by Gasteiger charge is -2.29. The number of hydrogen-bond acceptors (Lipinski definition) is 4. The molecule has 0 saturated carbocycles. The lowest BCUT2D eigenvalue weighted by atomic mass is 9.93. The summed E-state index contributed by atoms with van der Waals surface area (Å²) >= 11 is 0. The van der Waals surface area contributed by atoms with Crippen molar-refractivity contribution in [2.75, 3.05) is 27.3 Å². The van der Waals surface area contributed by atoms with Crippen molar-refractivity contribution >= 4 is 5.91 Å². The molecule has 0 saturated heterocycles. The van der Waals surface area contributed by atoms with Gasteiger partial charge in [0.1, 0.15) is 11.5 Å². The zero-order valence-corrected chi connectivity index (χ0v) is 12.2. The van der Waals surface area contributed by atoms with Crippen LogP contribution in [0.1, 0.15) is 17.2 Å². The number of rotatable bonds is 4. The average molecular weight is 318 g/mol. The summed E-state index contributed by atoms with van der Waals surface area (Å²) in [5.41, 5.74) is 1.68. The van der Waals surface area contributed by atoms with Gasteiger partial charge in [-0.3, -0.25) is 4.79 Å². The average Bonchev–Trinajstić information content (AvgIpc) is 2.50. The highest BCUT2D eigenvalue weighted by Crippen LogP contribution is 2.35. The quantitative estimate of drug-likeness (QED) is 0.885. The summed E-state index contributed by atoms with van der Waals surface area (Å²) in [6.07, 6.45) is -4.19. The summed E-state index contributed by atoms with van der Waals surface area (Å²) in [6, 6.07) is 3.05. The Morgan fingerprint density at radius 2 is 2.09 bits per heavy atom. The Bertz CT molecular complexity index is 544. The van der Waals surface area contributed by atoms with Gasteiger partial charge in [0.2, 0.25) is 0 Å². The molecule has 0 radical (unpaired) electrons. The Morgan fingerprint density at radius 3 is 2.68 bits per heavy atom. The predicted octanol–water partition coefficient (Wildman–Crippen LogP) is 1.57. The first-order valence-electron chi connectivity index (χ1n) is 6.70. The number of benzene rings is 1. The van der Waals surface area contributed by atoms with Crippen LogP contribution < -0.4 is 20.1 Å². The van der Waals surface area contributed by atoms with Crippen LogP contribution in [0, 0.1) is 0 Å². The zero-order chi connectivity index (χ0) is 16.3. The van der Waals surface area contributed by atoms with Crippen molar-refractivity contribution in [2.45, 2.75) is 18.6 Å². The molecule has 1 aliphatic heterocycles. The van der Waals surface area contributed by atoms with E-state index in [4.69, 9.17) is 9.47 Å². The van der Waals surface area contributed by atoms with Gasteiger partial charge in [0.05, 0.1) is 20.3 Å². The molecule has 0 aliphatic carbocycles. The summed E-state index contributed by atoms with van der Waals surface area (Å²) in [7, 11) is 3.01. The van der Waals surface area contributed by atoms with Crippen molar-refractivity contribution in [3.05, 3.63) is 23.3 Å². The molecule has 0 bridgehead atoms. The smallest absolute Gasteiger partial charge is 0.471 e. The van der Waals surface area contributed by atoms with Crippen molar-refractivity contribution in [3.63, 3.8) is 0 Å². The molecule has 1 atom stereocenters. The van der Waals surface area contributed by atoms with E-state index in [0.29, 0.717) is 24.5 Å². The fraction of sp³-hybridized carbons (Fsp3) is 0.500. The van der Waals surface area contributed by atoms with Gasteiger partial charge in [-0.05, 0) is 24.6 Å². The van der Waals surface area contributed by atoms with Gasteiger partial charge in [-0.15, -0.1) is 0 Å². The first-order chi connectivity index (χ1) is 10.4. The maximum atomic E-state index is 12.3. The van der Waals surface area contributed by atoms with Crippen molar-refractivity contribution in [2.24, 2.45) is 0 Å². The van der Waals surface area contributed by atoms with Gasteiger partial charge in [0, 0.05) is 18.2 Å². The third kappa shape index (κ3) is 3.44. The standard InChI is InChI=1S/C14H17F3N2O3/c1-21-9-5-8-3-4-18-10(12(8)11(6-9)22-2)7-19-13(20)14(15,16)17/h5-6,10,18H,3-4,7H2,1-2H3,(H,19,20). The molecule has 2 rings (SSSR count). The minimum absolute atomic E-state index is 0.173. The fourth-order valence-electron chi connectivity index (χ4n) is 2.50. The van der Waals surface area contributed by atoms with E-state index in [1.807, 2.05) is 11.4 Å². The second-order valence-electron chi connectivity index (χ2n) is 4.87. The molecule has 1 unspecified atom stereocenters. The Labute approximate surface area is 125 Å². The van der Waals surface area contributed by atoms with Crippen LogP contribution >= 0.6 is 0 Å². The third-order valence-electron chi connectivity index (χ3n) is 3.51. The number of amides is 1.